The molecule has 4 nitrogen and oxygen atoms in total. The van der Waals surface area contributed by atoms with Gasteiger partial charge in [0.15, 0.2) is 0 Å². The van der Waals surface area contributed by atoms with Gasteiger partial charge in [-0.15, -0.1) is 0 Å². The number of rotatable bonds is 6. The predicted molar refractivity (Wildman–Crippen MR) is 83.3 cm³/mol. The fraction of sp³-hybridized carbons (Fsp3) is 0.429. The lowest BCUT2D eigenvalue weighted by Gasteiger charge is -2.10. The van der Waals surface area contributed by atoms with Gasteiger partial charge in [-0.3, -0.25) is 9.59 Å². The van der Waals surface area contributed by atoms with Crippen LogP contribution in [0.15, 0.2) is 18.2 Å². The molecular formula is C14H18ClNO3S. The summed E-state index contributed by atoms with van der Waals surface area (Å²) >= 11 is 7.26. The summed E-state index contributed by atoms with van der Waals surface area (Å²) in [5, 5.41) is 3.46. The number of hydrogen-bond donors (Lipinski definition) is 1. The molecule has 110 valence electrons. The van der Waals surface area contributed by atoms with Crippen LogP contribution in [-0.2, 0) is 14.3 Å². The number of aryl methyl sites for hydroxylation is 1. The third kappa shape index (κ3) is 5.43. The molecule has 0 heterocycles. The minimum absolute atomic E-state index is 0.0995. The van der Waals surface area contributed by atoms with Gasteiger partial charge >= 0.3 is 5.97 Å². The number of esters is 1. The number of benzene rings is 1. The number of anilines is 1. The van der Waals surface area contributed by atoms with Gasteiger partial charge in [0.05, 0.1) is 18.8 Å². The SMILES string of the molecule is COC(=O)C(C)CSCC(=O)Nc1ccc(Cl)cc1C. The third-order valence-electron chi connectivity index (χ3n) is 2.67. The van der Waals surface area contributed by atoms with E-state index in [0.29, 0.717) is 16.5 Å². The van der Waals surface area contributed by atoms with Crippen molar-refractivity contribution in [2.45, 2.75) is 13.8 Å². The maximum atomic E-state index is 11.8. The van der Waals surface area contributed by atoms with E-state index in [4.69, 9.17) is 11.6 Å². The van der Waals surface area contributed by atoms with E-state index in [1.807, 2.05) is 6.92 Å². The van der Waals surface area contributed by atoms with Gasteiger partial charge in [0.1, 0.15) is 0 Å². The van der Waals surface area contributed by atoms with Gasteiger partial charge in [-0.1, -0.05) is 18.5 Å². The lowest BCUT2D eigenvalue weighted by Crippen LogP contribution is -2.18. The number of halogens is 1. The van der Waals surface area contributed by atoms with Gasteiger partial charge in [0.25, 0.3) is 0 Å². The molecule has 0 radical (unpaired) electrons. The number of carbonyl (C=O) groups is 2. The molecule has 1 aromatic carbocycles. The van der Waals surface area contributed by atoms with E-state index in [9.17, 15) is 9.59 Å². The first-order valence-electron chi connectivity index (χ1n) is 6.15. The first-order chi connectivity index (χ1) is 9.43. The average molecular weight is 316 g/mol. The second-order valence-electron chi connectivity index (χ2n) is 4.45. The van der Waals surface area contributed by atoms with Crippen LogP contribution in [0.3, 0.4) is 0 Å². The quantitative estimate of drug-likeness (QED) is 0.819. The highest BCUT2D eigenvalue weighted by Crippen LogP contribution is 2.20. The van der Waals surface area contributed by atoms with Gasteiger partial charge in [0, 0.05) is 16.5 Å². The lowest BCUT2D eigenvalue weighted by atomic mass is 10.2. The van der Waals surface area contributed by atoms with Gasteiger partial charge in [-0.05, 0) is 30.7 Å². The van der Waals surface area contributed by atoms with Gasteiger partial charge in [0.2, 0.25) is 5.91 Å². The van der Waals surface area contributed by atoms with Crippen molar-refractivity contribution in [2.75, 3.05) is 23.9 Å². The normalized spacial score (nSPS) is 11.8. The van der Waals surface area contributed by atoms with Crippen LogP contribution in [-0.4, -0.2) is 30.5 Å². The summed E-state index contributed by atoms with van der Waals surface area (Å²) in [4.78, 5) is 23.0. The number of amides is 1. The Morgan fingerprint density at radius 3 is 2.75 bits per heavy atom. The second kappa shape index (κ2) is 8.17. The van der Waals surface area contributed by atoms with E-state index < -0.39 is 0 Å². The van der Waals surface area contributed by atoms with Crippen LogP contribution in [0.1, 0.15) is 12.5 Å². The van der Waals surface area contributed by atoms with Gasteiger partial charge < -0.3 is 10.1 Å². The molecule has 0 fully saturated rings. The van der Waals surface area contributed by atoms with Crippen LogP contribution in [0.5, 0.6) is 0 Å². The zero-order chi connectivity index (χ0) is 15.1. The molecule has 1 atom stereocenters. The van der Waals surface area contributed by atoms with E-state index in [0.717, 1.165) is 11.3 Å². The van der Waals surface area contributed by atoms with Gasteiger partial charge in [-0.2, -0.15) is 11.8 Å². The van der Waals surface area contributed by atoms with E-state index >= 15 is 0 Å². The fourth-order valence-electron chi connectivity index (χ4n) is 1.55. The van der Waals surface area contributed by atoms with Crippen molar-refractivity contribution < 1.29 is 14.3 Å². The van der Waals surface area contributed by atoms with Crippen LogP contribution in [0.2, 0.25) is 5.02 Å². The molecule has 0 aliphatic carbocycles. The van der Waals surface area contributed by atoms with E-state index in [1.54, 1.807) is 25.1 Å². The summed E-state index contributed by atoms with van der Waals surface area (Å²) < 4.78 is 4.63. The molecule has 0 aliphatic rings. The molecule has 0 saturated heterocycles. The molecule has 1 unspecified atom stereocenters. The highest BCUT2D eigenvalue weighted by molar-refractivity contribution is 8.00. The Labute approximate surface area is 128 Å². The zero-order valence-electron chi connectivity index (χ0n) is 11.7. The molecule has 0 saturated carbocycles. The molecule has 1 N–H and O–H groups in total. The van der Waals surface area contributed by atoms with Crippen molar-refractivity contribution in [2.24, 2.45) is 5.92 Å². The maximum Gasteiger partial charge on any atom is 0.309 e. The summed E-state index contributed by atoms with van der Waals surface area (Å²) in [7, 11) is 1.36. The number of thioether (sulfide) groups is 1. The third-order valence-corrected chi connectivity index (χ3v) is 4.10. The molecule has 6 heteroatoms. The minimum Gasteiger partial charge on any atom is -0.469 e. The molecule has 0 bridgehead atoms. The number of nitrogens with one attached hydrogen (secondary N) is 1. The number of methoxy groups -OCH3 is 1. The van der Waals surface area contributed by atoms with Crippen molar-refractivity contribution in [3.63, 3.8) is 0 Å². The molecule has 0 aromatic heterocycles. The van der Waals surface area contributed by atoms with Crippen LogP contribution in [0, 0.1) is 12.8 Å². The maximum absolute atomic E-state index is 11.8. The van der Waals surface area contributed by atoms with Crippen LogP contribution in [0.25, 0.3) is 0 Å². The Morgan fingerprint density at radius 1 is 1.45 bits per heavy atom. The highest BCUT2D eigenvalue weighted by Gasteiger charge is 2.14. The monoisotopic (exact) mass is 315 g/mol. The number of carbonyl (C=O) groups excluding carboxylic acids is 2. The molecule has 1 amide bonds. The second-order valence-corrected chi connectivity index (χ2v) is 5.91. The van der Waals surface area contributed by atoms with Crippen molar-refractivity contribution in [1.82, 2.24) is 0 Å². The lowest BCUT2D eigenvalue weighted by molar-refractivity contribution is -0.144. The molecule has 20 heavy (non-hydrogen) atoms. The molecular weight excluding hydrogens is 298 g/mol. The predicted octanol–water partition coefficient (Wildman–Crippen LogP) is 3.13. The topological polar surface area (TPSA) is 55.4 Å². The smallest absolute Gasteiger partial charge is 0.309 e. The minimum atomic E-state index is -0.258. The molecule has 0 spiro atoms. The standard InChI is InChI=1S/C14H18ClNO3S/c1-9-6-11(15)4-5-12(9)16-13(17)8-20-7-10(2)14(18)19-3/h4-6,10H,7-8H2,1-3H3,(H,16,17). The van der Waals surface area contributed by atoms with E-state index in [1.165, 1.54) is 18.9 Å². The Kier molecular flexibility index (Phi) is 6.88. The summed E-state index contributed by atoms with van der Waals surface area (Å²) in [6.45, 7) is 3.66. The van der Waals surface area contributed by atoms with E-state index in [-0.39, 0.29) is 17.8 Å². The highest BCUT2D eigenvalue weighted by atomic mass is 35.5. The van der Waals surface area contributed by atoms with E-state index in [2.05, 4.69) is 10.1 Å². The average Bonchev–Trinajstić information content (AvgIpc) is 2.41. The Morgan fingerprint density at radius 2 is 2.15 bits per heavy atom. The summed E-state index contributed by atoms with van der Waals surface area (Å²) in [5.41, 5.74) is 1.67. The van der Waals surface area contributed by atoms with Crippen LogP contribution >= 0.6 is 23.4 Å². The van der Waals surface area contributed by atoms with Crippen LogP contribution < -0.4 is 5.32 Å². The number of hydrogen-bond acceptors (Lipinski definition) is 4. The van der Waals surface area contributed by atoms with Crippen molar-refractivity contribution in [3.05, 3.63) is 28.8 Å². The number of ether oxygens (including phenoxy) is 1. The first-order valence-corrected chi connectivity index (χ1v) is 7.69. The van der Waals surface area contributed by atoms with Gasteiger partial charge in [-0.25, -0.2) is 0 Å². The molecule has 1 aromatic rings. The molecule has 1 rings (SSSR count). The van der Waals surface area contributed by atoms with Crippen molar-refractivity contribution in [3.8, 4) is 0 Å². The Balaban J connectivity index is 2.39. The summed E-state index contributed by atoms with van der Waals surface area (Å²) in [6.07, 6.45) is 0. The zero-order valence-corrected chi connectivity index (χ0v) is 13.3. The van der Waals surface area contributed by atoms with Crippen molar-refractivity contribution >= 4 is 40.9 Å². The first kappa shape index (κ1) is 16.9. The largest absolute Gasteiger partial charge is 0.469 e. The van der Waals surface area contributed by atoms with Crippen molar-refractivity contribution in [1.29, 1.82) is 0 Å². The summed E-state index contributed by atoms with van der Waals surface area (Å²) in [6, 6.07) is 5.30. The Hall–Kier alpha value is -1.20. The Bertz CT molecular complexity index is 493. The molecule has 0 aliphatic heterocycles. The fourth-order valence-corrected chi connectivity index (χ4v) is 2.64. The van der Waals surface area contributed by atoms with Crippen LogP contribution in [0.4, 0.5) is 5.69 Å². The summed E-state index contributed by atoms with van der Waals surface area (Å²) in [5.74, 6) is 0.280.